The van der Waals surface area contributed by atoms with Crippen LogP contribution in [0.5, 0.6) is 5.75 Å². The standard InChI is InChI=1S/C14H19F3N2O2S.ClH/c1-22-9-7-12(18)13(20)19-8-6-10-2-4-11(5-3-10)21-14(15,16)17;/h2-5,12H,6-9,18H2,1H3,(H,19,20);1H/t12-;/m0./s1. The van der Waals surface area contributed by atoms with Gasteiger partial charge in [-0.15, -0.1) is 25.6 Å². The Labute approximate surface area is 143 Å². The van der Waals surface area contributed by atoms with Gasteiger partial charge in [0, 0.05) is 6.54 Å². The first-order valence-electron chi connectivity index (χ1n) is 6.68. The highest BCUT2D eigenvalue weighted by Gasteiger charge is 2.30. The van der Waals surface area contributed by atoms with Crippen molar-refractivity contribution >= 4 is 30.1 Å². The topological polar surface area (TPSA) is 64.4 Å². The van der Waals surface area contributed by atoms with Crippen LogP contribution in [-0.4, -0.2) is 36.9 Å². The van der Waals surface area contributed by atoms with E-state index in [1.807, 2.05) is 6.26 Å². The van der Waals surface area contributed by atoms with Crippen LogP contribution >= 0.6 is 24.2 Å². The van der Waals surface area contributed by atoms with Crippen LogP contribution < -0.4 is 15.8 Å². The lowest BCUT2D eigenvalue weighted by Crippen LogP contribution is -2.41. The molecule has 0 aromatic heterocycles. The van der Waals surface area contributed by atoms with Gasteiger partial charge in [-0.2, -0.15) is 11.8 Å². The van der Waals surface area contributed by atoms with Gasteiger partial charge in [0.2, 0.25) is 5.91 Å². The molecule has 0 aliphatic heterocycles. The van der Waals surface area contributed by atoms with Gasteiger partial charge in [0.1, 0.15) is 5.75 Å². The number of hydrogen-bond acceptors (Lipinski definition) is 4. The van der Waals surface area contributed by atoms with Crippen molar-refractivity contribution in [1.29, 1.82) is 0 Å². The first-order chi connectivity index (χ1) is 10.3. The molecule has 0 spiro atoms. The molecule has 3 N–H and O–H groups in total. The zero-order valence-corrected chi connectivity index (χ0v) is 14.2. The van der Waals surface area contributed by atoms with Crippen molar-refractivity contribution in [1.82, 2.24) is 5.32 Å². The number of hydrogen-bond donors (Lipinski definition) is 2. The molecule has 23 heavy (non-hydrogen) atoms. The molecule has 0 saturated carbocycles. The van der Waals surface area contributed by atoms with E-state index in [0.717, 1.165) is 11.3 Å². The minimum absolute atomic E-state index is 0. The quantitative estimate of drug-likeness (QED) is 0.736. The van der Waals surface area contributed by atoms with E-state index in [-0.39, 0.29) is 24.1 Å². The number of alkyl halides is 3. The molecule has 0 aliphatic rings. The van der Waals surface area contributed by atoms with Gasteiger partial charge in [-0.05, 0) is 42.5 Å². The SMILES string of the molecule is CSCC[C@H](N)C(=O)NCCc1ccc(OC(F)(F)F)cc1.Cl. The maximum absolute atomic E-state index is 12.0. The third-order valence-electron chi connectivity index (χ3n) is 2.84. The van der Waals surface area contributed by atoms with Gasteiger partial charge in [-0.3, -0.25) is 4.79 Å². The van der Waals surface area contributed by atoms with Crippen molar-refractivity contribution in [3.05, 3.63) is 29.8 Å². The van der Waals surface area contributed by atoms with Crippen molar-refractivity contribution in [2.24, 2.45) is 5.73 Å². The summed E-state index contributed by atoms with van der Waals surface area (Å²) >= 11 is 1.62. The molecule has 0 unspecified atom stereocenters. The predicted molar refractivity (Wildman–Crippen MR) is 88.1 cm³/mol. The first kappa shape index (κ1) is 21.9. The summed E-state index contributed by atoms with van der Waals surface area (Å²) < 4.78 is 39.8. The molecule has 132 valence electrons. The highest BCUT2D eigenvalue weighted by atomic mass is 35.5. The number of thioether (sulfide) groups is 1. The Balaban J connectivity index is 0.00000484. The molecule has 0 aliphatic carbocycles. The Bertz CT molecular complexity index is 472. The zero-order chi connectivity index (χ0) is 16.6. The minimum Gasteiger partial charge on any atom is -0.406 e. The van der Waals surface area contributed by atoms with Gasteiger partial charge in [0.15, 0.2) is 0 Å². The van der Waals surface area contributed by atoms with E-state index in [1.165, 1.54) is 24.3 Å². The zero-order valence-electron chi connectivity index (χ0n) is 12.6. The van der Waals surface area contributed by atoms with Gasteiger partial charge in [-0.25, -0.2) is 0 Å². The second kappa shape index (κ2) is 10.6. The number of amides is 1. The summed E-state index contributed by atoms with van der Waals surface area (Å²) in [5.74, 6) is 0.334. The van der Waals surface area contributed by atoms with E-state index in [4.69, 9.17) is 5.73 Å². The lowest BCUT2D eigenvalue weighted by molar-refractivity contribution is -0.274. The van der Waals surface area contributed by atoms with E-state index in [9.17, 15) is 18.0 Å². The summed E-state index contributed by atoms with van der Waals surface area (Å²) in [7, 11) is 0. The van der Waals surface area contributed by atoms with Gasteiger partial charge < -0.3 is 15.8 Å². The lowest BCUT2D eigenvalue weighted by Gasteiger charge is -2.12. The third-order valence-corrected chi connectivity index (χ3v) is 3.48. The molecule has 0 saturated heterocycles. The summed E-state index contributed by atoms with van der Waals surface area (Å²) in [6.45, 7) is 0.380. The van der Waals surface area contributed by atoms with Crippen molar-refractivity contribution in [3.8, 4) is 5.75 Å². The number of carbonyl (C=O) groups is 1. The normalized spacial score (nSPS) is 12.2. The Kier molecular flexibility index (Phi) is 10.1. The minimum atomic E-state index is -4.69. The van der Waals surface area contributed by atoms with E-state index in [1.54, 1.807) is 11.8 Å². The molecule has 0 bridgehead atoms. The van der Waals surface area contributed by atoms with Crippen LogP contribution in [0.2, 0.25) is 0 Å². The number of nitrogens with one attached hydrogen (secondary N) is 1. The Morgan fingerprint density at radius 2 is 1.96 bits per heavy atom. The summed E-state index contributed by atoms with van der Waals surface area (Å²) in [4.78, 5) is 11.7. The van der Waals surface area contributed by atoms with E-state index in [0.29, 0.717) is 19.4 Å². The van der Waals surface area contributed by atoms with Crippen LogP contribution in [0, 0.1) is 0 Å². The molecule has 4 nitrogen and oxygen atoms in total. The van der Waals surface area contributed by atoms with Crippen LogP contribution in [0.3, 0.4) is 0 Å². The third kappa shape index (κ3) is 9.58. The second-order valence-corrected chi connectivity index (χ2v) is 5.61. The summed E-state index contributed by atoms with van der Waals surface area (Å²) in [6.07, 6.45) is -1.64. The molecule has 0 heterocycles. The van der Waals surface area contributed by atoms with Gasteiger partial charge in [-0.1, -0.05) is 12.1 Å². The monoisotopic (exact) mass is 372 g/mol. The van der Waals surface area contributed by atoms with E-state index < -0.39 is 12.4 Å². The average Bonchev–Trinajstić information content (AvgIpc) is 2.44. The molecule has 1 aromatic rings. The van der Waals surface area contributed by atoms with Gasteiger partial charge >= 0.3 is 6.36 Å². The fraction of sp³-hybridized carbons (Fsp3) is 0.500. The fourth-order valence-electron chi connectivity index (χ4n) is 1.69. The van der Waals surface area contributed by atoms with Crippen LogP contribution in [0.4, 0.5) is 13.2 Å². The predicted octanol–water partition coefficient (Wildman–Crippen LogP) is 2.75. The van der Waals surface area contributed by atoms with E-state index >= 15 is 0 Å². The van der Waals surface area contributed by atoms with Gasteiger partial charge in [0.05, 0.1) is 6.04 Å². The van der Waals surface area contributed by atoms with Crippen LogP contribution in [-0.2, 0) is 11.2 Å². The number of halogens is 4. The maximum atomic E-state index is 12.0. The van der Waals surface area contributed by atoms with Crippen molar-refractivity contribution in [2.45, 2.75) is 25.2 Å². The maximum Gasteiger partial charge on any atom is 0.573 e. The number of carbonyl (C=O) groups excluding carboxylic acids is 1. The summed E-state index contributed by atoms with van der Waals surface area (Å²) in [5, 5.41) is 2.71. The summed E-state index contributed by atoms with van der Waals surface area (Å²) in [6, 6.07) is 5.01. The molecule has 1 atom stereocenters. The fourth-order valence-corrected chi connectivity index (χ4v) is 2.18. The lowest BCUT2D eigenvalue weighted by atomic mass is 10.1. The second-order valence-electron chi connectivity index (χ2n) is 4.62. The first-order valence-corrected chi connectivity index (χ1v) is 8.08. The Morgan fingerprint density at radius 3 is 2.48 bits per heavy atom. The van der Waals surface area contributed by atoms with Crippen molar-refractivity contribution in [3.63, 3.8) is 0 Å². The van der Waals surface area contributed by atoms with Crippen LogP contribution in [0.15, 0.2) is 24.3 Å². The highest BCUT2D eigenvalue weighted by Crippen LogP contribution is 2.22. The van der Waals surface area contributed by atoms with Crippen LogP contribution in [0.1, 0.15) is 12.0 Å². The molecule has 0 fully saturated rings. The molecule has 0 radical (unpaired) electrons. The highest BCUT2D eigenvalue weighted by molar-refractivity contribution is 7.98. The molecule has 1 aromatic carbocycles. The largest absolute Gasteiger partial charge is 0.573 e. The Morgan fingerprint density at radius 1 is 1.35 bits per heavy atom. The van der Waals surface area contributed by atoms with Crippen molar-refractivity contribution < 1.29 is 22.7 Å². The van der Waals surface area contributed by atoms with E-state index in [2.05, 4.69) is 10.1 Å². The molecular weight excluding hydrogens is 353 g/mol. The number of nitrogens with two attached hydrogens (primary N) is 1. The number of ether oxygens (including phenoxy) is 1. The average molecular weight is 373 g/mol. The van der Waals surface area contributed by atoms with Crippen LogP contribution in [0.25, 0.3) is 0 Å². The number of rotatable bonds is 8. The molecule has 1 amide bonds. The summed E-state index contributed by atoms with van der Waals surface area (Å²) in [5.41, 5.74) is 6.51. The molecular formula is C14H20ClF3N2O2S. The van der Waals surface area contributed by atoms with Crippen molar-refractivity contribution in [2.75, 3.05) is 18.6 Å². The Hall–Kier alpha value is -1.12. The smallest absolute Gasteiger partial charge is 0.406 e. The molecule has 9 heteroatoms. The van der Waals surface area contributed by atoms with Gasteiger partial charge in [0.25, 0.3) is 0 Å². The molecule has 1 rings (SSSR count). The number of benzene rings is 1.